The van der Waals surface area contributed by atoms with Gasteiger partial charge in [-0.25, -0.2) is 9.67 Å². The van der Waals surface area contributed by atoms with Crippen LogP contribution in [0.4, 0.5) is 0 Å². The summed E-state index contributed by atoms with van der Waals surface area (Å²) in [5, 5.41) is 5.28. The van der Waals surface area contributed by atoms with Gasteiger partial charge in [0.05, 0.1) is 18.7 Å². The van der Waals surface area contributed by atoms with E-state index < -0.39 is 0 Å². The SMILES string of the molecule is COc1ccc(-c2nc(-c3ccncc3)nn2CCN(C(=O)COc2ccc(C(C)=O)cc2)C2CCCC2)cc1Cl. The first-order chi connectivity index (χ1) is 19.9. The second kappa shape index (κ2) is 13.0. The van der Waals surface area contributed by atoms with Crippen molar-refractivity contribution < 1.29 is 19.1 Å². The zero-order valence-electron chi connectivity index (χ0n) is 23.1. The number of nitrogens with zero attached hydrogens (tertiary/aromatic N) is 5. The van der Waals surface area contributed by atoms with Gasteiger partial charge in [-0.15, -0.1) is 0 Å². The molecule has 2 heterocycles. The van der Waals surface area contributed by atoms with Crippen molar-refractivity contribution in [1.29, 1.82) is 0 Å². The van der Waals surface area contributed by atoms with Crippen molar-refractivity contribution in [3.63, 3.8) is 0 Å². The van der Waals surface area contributed by atoms with Gasteiger partial charge in [0.25, 0.3) is 5.91 Å². The van der Waals surface area contributed by atoms with Crippen molar-refractivity contribution >= 4 is 23.3 Å². The van der Waals surface area contributed by atoms with Crippen LogP contribution >= 0.6 is 11.6 Å². The molecule has 0 spiro atoms. The molecule has 1 aliphatic rings. The summed E-state index contributed by atoms with van der Waals surface area (Å²) >= 11 is 6.45. The minimum absolute atomic E-state index is 0.0171. The second-order valence-corrected chi connectivity index (χ2v) is 10.4. The fraction of sp³-hybridized carbons (Fsp3) is 0.323. The number of methoxy groups -OCH3 is 1. The van der Waals surface area contributed by atoms with Gasteiger partial charge in [-0.1, -0.05) is 24.4 Å². The standard InChI is InChI=1S/C31H32ClN5O4/c1-21(38)22-7-10-26(11-8-22)41-20-29(39)36(25-5-3-4-6-25)17-18-37-31(24-9-12-28(40-2)27(32)19-24)34-30(35-37)23-13-15-33-16-14-23/h7-16,19,25H,3-6,17-18,20H2,1-2H3. The number of benzene rings is 2. The topological polar surface area (TPSA) is 99.4 Å². The van der Waals surface area contributed by atoms with Crippen LogP contribution in [0, 0.1) is 0 Å². The van der Waals surface area contributed by atoms with E-state index in [1.165, 1.54) is 6.92 Å². The molecule has 1 aliphatic carbocycles. The molecule has 1 saturated carbocycles. The number of halogens is 1. The number of ketones is 1. The molecule has 0 radical (unpaired) electrons. The second-order valence-electron chi connectivity index (χ2n) is 9.96. The molecule has 1 amide bonds. The van der Waals surface area contributed by atoms with Crippen LogP contribution in [0.1, 0.15) is 43.0 Å². The molecular formula is C31H32ClN5O4. The van der Waals surface area contributed by atoms with Gasteiger partial charge in [-0.05, 0) is 74.4 Å². The molecule has 0 saturated heterocycles. The molecule has 0 N–H and O–H groups in total. The van der Waals surface area contributed by atoms with Crippen LogP contribution in [-0.2, 0) is 11.3 Å². The minimum atomic E-state index is -0.0870. The van der Waals surface area contributed by atoms with Gasteiger partial charge in [0.15, 0.2) is 24.0 Å². The molecule has 212 valence electrons. The zero-order valence-corrected chi connectivity index (χ0v) is 23.9. The molecule has 2 aromatic heterocycles. The molecular weight excluding hydrogens is 542 g/mol. The molecule has 0 aliphatic heterocycles. The van der Waals surface area contributed by atoms with E-state index in [1.54, 1.807) is 49.8 Å². The lowest BCUT2D eigenvalue weighted by atomic mass is 10.1. The first kappa shape index (κ1) is 28.3. The van der Waals surface area contributed by atoms with E-state index in [0.29, 0.717) is 46.8 Å². The Labute approximate surface area is 244 Å². The lowest BCUT2D eigenvalue weighted by Gasteiger charge is -2.29. The van der Waals surface area contributed by atoms with E-state index in [0.717, 1.165) is 36.8 Å². The van der Waals surface area contributed by atoms with Crippen LogP contribution in [0.3, 0.4) is 0 Å². The molecule has 10 heteroatoms. The maximum atomic E-state index is 13.5. The summed E-state index contributed by atoms with van der Waals surface area (Å²) in [4.78, 5) is 35.9. The highest BCUT2D eigenvalue weighted by Gasteiger charge is 2.27. The van der Waals surface area contributed by atoms with Crippen LogP contribution in [0.2, 0.25) is 5.02 Å². The maximum absolute atomic E-state index is 13.5. The highest BCUT2D eigenvalue weighted by atomic mass is 35.5. The number of hydrogen-bond acceptors (Lipinski definition) is 7. The van der Waals surface area contributed by atoms with E-state index in [-0.39, 0.29) is 24.3 Å². The molecule has 1 fully saturated rings. The predicted molar refractivity (Wildman–Crippen MR) is 156 cm³/mol. The van der Waals surface area contributed by atoms with Crippen LogP contribution in [0.15, 0.2) is 67.0 Å². The number of aromatic nitrogens is 4. The summed E-state index contributed by atoms with van der Waals surface area (Å²) in [6.07, 6.45) is 7.50. The molecule has 5 rings (SSSR count). The Morgan fingerprint density at radius 3 is 2.41 bits per heavy atom. The van der Waals surface area contributed by atoms with Crippen molar-refractivity contribution in [1.82, 2.24) is 24.6 Å². The highest BCUT2D eigenvalue weighted by molar-refractivity contribution is 6.32. The lowest BCUT2D eigenvalue weighted by molar-refractivity contribution is -0.135. The van der Waals surface area contributed by atoms with Gasteiger partial charge in [-0.3, -0.25) is 14.6 Å². The number of amides is 1. The number of hydrogen-bond donors (Lipinski definition) is 0. The Hall–Kier alpha value is -4.24. The molecule has 0 unspecified atom stereocenters. The lowest BCUT2D eigenvalue weighted by Crippen LogP contribution is -2.43. The van der Waals surface area contributed by atoms with E-state index in [1.807, 2.05) is 33.8 Å². The minimum Gasteiger partial charge on any atom is -0.495 e. The van der Waals surface area contributed by atoms with Crippen LogP contribution in [0.25, 0.3) is 22.8 Å². The summed E-state index contributed by atoms with van der Waals surface area (Å²) in [5.74, 6) is 2.22. The Bertz CT molecular complexity index is 1500. The normalized spacial score (nSPS) is 13.2. The first-order valence-electron chi connectivity index (χ1n) is 13.7. The molecule has 9 nitrogen and oxygen atoms in total. The predicted octanol–water partition coefficient (Wildman–Crippen LogP) is 5.72. The van der Waals surface area contributed by atoms with Gasteiger partial charge in [0.1, 0.15) is 11.5 Å². The van der Waals surface area contributed by atoms with E-state index in [2.05, 4.69) is 4.98 Å². The van der Waals surface area contributed by atoms with Crippen molar-refractivity contribution in [3.05, 3.63) is 77.6 Å². The number of carbonyl (C=O) groups excluding carboxylic acids is 2. The van der Waals surface area contributed by atoms with Gasteiger partial charge in [0.2, 0.25) is 0 Å². The fourth-order valence-electron chi connectivity index (χ4n) is 5.08. The number of Topliss-reactive ketones (excluding diaryl/α,β-unsaturated/α-hetero) is 1. The highest BCUT2D eigenvalue weighted by Crippen LogP contribution is 2.31. The average molecular weight is 574 g/mol. The Morgan fingerprint density at radius 1 is 1.02 bits per heavy atom. The molecule has 0 atom stereocenters. The van der Waals surface area contributed by atoms with Gasteiger partial charge in [0, 0.05) is 41.7 Å². The summed E-state index contributed by atoms with van der Waals surface area (Å²) in [6, 6.07) is 16.2. The quantitative estimate of drug-likeness (QED) is 0.211. The van der Waals surface area contributed by atoms with Gasteiger partial charge >= 0.3 is 0 Å². The average Bonchev–Trinajstić information content (AvgIpc) is 3.68. The Balaban J connectivity index is 1.37. The monoisotopic (exact) mass is 573 g/mol. The molecule has 2 aromatic carbocycles. The third-order valence-electron chi connectivity index (χ3n) is 7.28. The summed E-state index contributed by atoms with van der Waals surface area (Å²) in [5.41, 5.74) is 2.23. The largest absolute Gasteiger partial charge is 0.495 e. The summed E-state index contributed by atoms with van der Waals surface area (Å²) in [7, 11) is 1.57. The van der Waals surface area contributed by atoms with E-state index in [4.69, 9.17) is 31.2 Å². The third-order valence-corrected chi connectivity index (χ3v) is 7.58. The maximum Gasteiger partial charge on any atom is 0.260 e. The fourth-order valence-corrected chi connectivity index (χ4v) is 5.34. The van der Waals surface area contributed by atoms with Gasteiger partial charge < -0.3 is 14.4 Å². The summed E-state index contributed by atoms with van der Waals surface area (Å²) < 4.78 is 13.0. The van der Waals surface area contributed by atoms with Crippen molar-refractivity contribution in [2.75, 3.05) is 20.3 Å². The van der Waals surface area contributed by atoms with E-state index >= 15 is 0 Å². The zero-order chi connectivity index (χ0) is 28.8. The number of rotatable bonds is 11. The van der Waals surface area contributed by atoms with Crippen molar-refractivity contribution in [2.45, 2.75) is 45.2 Å². The Morgan fingerprint density at radius 2 is 1.76 bits per heavy atom. The van der Waals surface area contributed by atoms with Crippen molar-refractivity contribution in [3.8, 4) is 34.3 Å². The summed E-state index contributed by atoms with van der Waals surface area (Å²) in [6.45, 7) is 2.32. The molecule has 0 bridgehead atoms. The molecule has 4 aromatic rings. The number of pyridine rings is 1. The van der Waals surface area contributed by atoms with Crippen LogP contribution in [0.5, 0.6) is 11.5 Å². The smallest absolute Gasteiger partial charge is 0.260 e. The number of carbonyl (C=O) groups is 2. The van der Waals surface area contributed by atoms with Gasteiger partial charge in [-0.2, -0.15) is 5.10 Å². The molecule has 41 heavy (non-hydrogen) atoms. The van der Waals surface area contributed by atoms with E-state index in [9.17, 15) is 9.59 Å². The Kier molecular flexibility index (Phi) is 8.94. The van der Waals surface area contributed by atoms with Crippen molar-refractivity contribution in [2.24, 2.45) is 0 Å². The first-order valence-corrected chi connectivity index (χ1v) is 14.0. The third kappa shape index (κ3) is 6.74. The van der Waals surface area contributed by atoms with Crippen LogP contribution < -0.4 is 9.47 Å². The van der Waals surface area contributed by atoms with Crippen LogP contribution in [-0.4, -0.2) is 62.6 Å². The number of ether oxygens (including phenoxy) is 2.